The molecule has 0 fully saturated rings. The molecule has 0 saturated carbocycles. The van der Waals surface area contributed by atoms with E-state index >= 15 is 0 Å². The van der Waals surface area contributed by atoms with E-state index < -0.39 is 0 Å². The van der Waals surface area contributed by atoms with Crippen molar-refractivity contribution < 1.29 is 26.2 Å². The van der Waals surface area contributed by atoms with Gasteiger partial charge in [-0.25, -0.2) is 0 Å². The Balaban J connectivity index is -0.0000000994. The summed E-state index contributed by atoms with van der Waals surface area (Å²) in [5.74, 6) is 287. The Labute approximate surface area is 892 Å². The van der Waals surface area contributed by atoms with E-state index in [2.05, 4.69) is 712 Å². The number of rotatable bonds is 0. The Kier molecular flexibility index (Phi) is 203. The Hall–Kier alpha value is -27.7. The quantitative estimate of drug-likeness (QED) is 0.213. The van der Waals surface area contributed by atoms with Gasteiger partial charge in [-0.15, -0.1) is 101 Å². The molecular formula is C144H56Zr. The Morgan fingerprint density at radius 2 is 0.124 bits per heavy atom. The zero-order chi connectivity index (χ0) is 109. The van der Waals surface area contributed by atoms with Crippen molar-refractivity contribution in [1.29, 1.82) is 0 Å². The van der Waals surface area contributed by atoms with Gasteiger partial charge in [-0.3, -0.25) is 0 Å². The van der Waals surface area contributed by atoms with Gasteiger partial charge in [0.2, 0.25) is 0 Å². The van der Waals surface area contributed by atoms with Gasteiger partial charge in [0.05, 0.1) is 0 Å². The van der Waals surface area contributed by atoms with Crippen LogP contribution in [-0.4, -0.2) is 0 Å². The average molecular weight is 1880 g/mol. The van der Waals surface area contributed by atoms with E-state index in [0.717, 1.165) is 0 Å². The largest absolute Gasteiger partial charge is 0.124 e. The summed E-state index contributed by atoms with van der Waals surface area (Å²) in [5, 5.41) is 0. The van der Waals surface area contributed by atoms with E-state index in [9.17, 15) is 0 Å². The van der Waals surface area contributed by atoms with Crippen LogP contribution < -0.4 is 0 Å². The first-order chi connectivity index (χ1) is 70.5. The second-order valence-electron chi connectivity index (χ2n) is 16.5. The maximum atomic E-state index is 4.89. The monoisotopic (exact) mass is 1870 g/mol. The summed E-state index contributed by atoms with van der Waals surface area (Å²) < 4.78 is 0. The number of hydrogen-bond acceptors (Lipinski definition) is 0. The van der Waals surface area contributed by atoms with Gasteiger partial charge >= 0.3 is 0 Å². The van der Waals surface area contributed by atoms with Crippen LogP contribution in [0.5, 0.6) is 0 Å². The van der Waals surface area contributed by atoms with E-state index in [1.807, 2.05) is 13.8 Å². The minimum absolute atomic E-state index is 0. The third-order valence-corrected chi connectivity index (χ3v) is 7.47. The molecule has 1 heteroatoms. The van der Waals surface area contributed by atoms with Gasteiger partial charge < -0.3 is 0 Å². The Morgan fingerprint density at radius 1 is 0.0828 bits per heavy atom. The molecule has 0 nitrogen and oxygen atoms in total. The summed E-state index contributed by atoms with van der Waals surface area (Å²) >= 11 is 0. The third kappa shape index (κ3) is 254. The second-order valence-corrected chi connectivity index (χ2v) is 16.5. The summed E-state index contributed by atoms with van der Waals surface area (Å²) in [6.07, 6.45) is 61.1. The van der Waals surface area contributed by atoms with Crippen LogP contribution in [0.1, 0.15) is 97.4 Å². The molecule has 0 atom stereocenters. The van der Waals surface area contributed by atoms with Gasteiger partial charge in [-0.1, -0.05) is 66.6 Å². The summed E-state index contributed by atoms with van der Waals surface area (Å²) in [7, 11) is 0. The molecule has 636 valence electrons. The van der Waals surface area contributed by atoms with Crippen LogP contribution in [0, 0.1) is 776 Å². The van der Waals surface area contributed by atoms with Gasteiger partial charge in [-0.05, 0) is 706 Å². The molecule has 0 aliphatic heterocycles. The van der Waals surface area contributed by atoms with Crippen molar-refractivity contribution in [2.75, 3.05) is 0 Å². The van der Waals surface area contributed by atoms with Crippen molar-refractivity contribution in [3.63, 3.8) is 0 Å². The average Bonchev–Trinajstić information content (AvgIpc) is 1.12. The van der Waals surface area contributed by atoms with E-state index in [0.29, 0.717) is 0 Å². The minimum Gasteiger partial charge on any atom is -0.124 e. The molecule has 0 N–H and O–H groups in total. The molecule has 0 heterocycles. The van der Waals surface area contributed by atoms with Crippen LogP contribution in [0.4, 0.5) is 0 Å². The van der Waals surface area contributed by atoms with Crippen LogP contribution >= 0.6 is 0 Å². The van der Waals surface area contributed by atoms with Crippen LogP contribution in [-0.2, 0) is 26.2 Å². The third-order valence-electron chi connectivity index (χ3n) is 7.47. The van der Waals surface area contributed by atoms with Gasteiger partial charge in [0.25, 0.3) is 0 Å². The van der Waals surface area contributed by atoms with Crippen molar-refractivity contribution in [3.05, 3.63) is 0 Å². The smallest absolute Gasteiger partial charge is 0 e. The van der Waals surface area contributed by atoms with Crippen molar-refractivity contribution in [2.24, 2.45) is 0 Å². The fraction of sp³-hybridized carbons (Fsp3) is 0.0972. The normalized spacial score (nSPS) is 3.59. The minimum atomic E-state index is 0. The van der Waals surface area contributed by atoms with E-state index in [1.165, 1.54) is 0 Å². The molecule has 145 heavy (non-hydrogen) atoms. The number of terminal acetylenes is 12. The predicted molar refractivity (Wildman–Crippen MR) is 600 cm³/mol. The first-order valence-corrected chi connectivity index (χ1v) is 36.3. The van der Waals surface area contributed by atoms with Crippen LogP contribution in [0.15, 0.2) is 0 Å². The molecule has 0 radical (unpaired) electrons. The van der Waals surface area contributed by atoms with Gasteiger partial charge in [-0.2, -0.15) is 0 Å². The predicted octanol–water partition coefficient (Wildman–Crippen LogP) is 9.12. The number of hydrogen-bond donors (Lipinski definition) is 0. The zero-order valence-electron chi connectivity index (χ0n) is 79.5. The molecular weight excluding hydrogens is 1820 g/mol. The van der Waals surface area contributed by atoms with Crippen LogP contribution in [0.2, 0.25) is 0 Å². The first kappa shape index (κ1) is 152. The van der Waals surface area contributed by atoms with Gasteiger partial charge in [0, 0.05) is 26.2 Å². The molecule has 0 rings (SSSR count). The SMILES string of the molecule is C.C#C.C#CC.C#CC#CC#CC#CC.C#CC#CC#CC#CC#C.C#CC#CC#CC#CC#CC.C#CC#CC#CC#CC#CC.C#CC#CC#CC#CC#CC#CC#CC.C#CC#CC#CC#CC#CC#CC#CC#CC.C#CC#CC#CC#CC#CC#CC#CC#CC#C.C#CC#CC#CC#CC#CC#CC#CC#CC#CC.CC#CC.CC#CC#CC#CC.CC#CC#CC#CC#CC#CC#CC#CC.[Zr]. The van der Waals surface area contributed by atoms with Gasteiger partial charge in [0.1, 0.15) is 0 Å². The molecule has 0 aliphatic rings. The standard InChI is InChI=1S/C19H4.C18H2.C17H4.C16H6.C15H4.2C11H4.C10H2.C9H4.C8H6.C4H6.C3H4.C2H2.CH4.Zr/c1-3-5-7-9-11-13-15-17-19-18-16-14-12-10-8-6-4-2;1-3-5-7-9-11-13-15-17-18-16-14-12-10-8-6-4-2;1-3-5-7-9-11-13-15-17-16-14-12-10-8-6-4-2;1-3-5-7-9-11-13-15-16-14-12-10-8-6-4-2;1-3-5-7-9-11-13-15-14-12-10-8-6-4-2;2*1-3-5-7-9-11-10-8-6-4-2;1-3-5-7-9-10-8-6-4-2;1-3-5-7-9-8-6-4-2;1-3-5-7-8-6-4-2;1-3-4-2;1-3-2;1-2;;/h1H,2H3;1-2H;1H,2H3;1-2H3;1H,2H3;2*1H,2H3;1-2H;1H,2H3;1-2H3;1-2H3;1H,2H3;1-2H;1H4;. The van der Waals surface area contributed by atoms with Gasteiger partial charge in [0.15, 0.2) is 0 Å². The topological polar surface area (TPSA) is 0 Å². The summed E-state index contributed by atoms with van der Waals surface area (Å²) in [5.41, 5.74) is 0. The van der Waals surface area contributed by atoms with E-state index in [1.54, 1.807) is 76.2 Å². The van der Waals surface area contributed by atoms with Crippen molar-refractivity contribution in [1.82, 2.24) is 0 Å². The van der Waals surface area contributed by atoms with E-state index in [-0.39, 0.29) is 33.6 Å². The molecule has 0 aromatic carbocycles. The van der Waals surface area contributed by atoms with Crippen molar-refractivity contribution in [2.45, 2.75) is 97.4 Å². The Morgan fingerprint density at radius 3 is 0.159 bits per heavy atom. The molecule has 0 aromatic heterocycles. The fourth-order valence-electron chi connectivity index (χ4n) is 3.30. The van der Waals surface area contributed by atoms with Crippen molar-refractivity contribution in [3.8, 4) is 776 Å². The Bertz CT molecular complexity index is 8790. The maximum absolute atomic E-state index is 4.89. The zero-order valence-corrected chi connectivity index (χ0v) is 82.0. The fourth-order valence-corrected chi connectivity index (χ4v) is 3.30. The molecule has 0 saturated heterocycles. The summed E-state index contributed by atoms with van der Waals surface area (Å²) in [6.45, 7) is 22.4. The van der Waals surface area contributed by atoms with E-state index in [4.69, 9.17) is 64.2 Å². The van der Waals surface area contributed by atoms with Crippen LogP contribution in [0.3, 0.4) is 0 Å². The molecule has 0 aliphatic carbocycles. The summed E-state index contributed by atoms with van der Waals surface area (Å²) in [4.78, 5) is 0. The summed E-state index contributed by atoms with van der Waals surface area (Å²) in [6, 6.07) is 0. The molecule has 0 amide bonds. The first-order valence-electron chi connectivity index (χ1n) is 36.3. The molecule has 0 unspecified atom stereocenters. The maximum Gasteiger partial charge on any atom is 0 e. The molecule has 0 aromatic rings. The van der Waals surface area contributed by atoms with Crippen molar-refractivity contribution >= 4 is 0 Å². The van der Waals surface area contributed by atoms with Crippen LogP contribution in [0.25, 0.3) is 0 Å². The second kappa shape index (κ2) is 194. The molecule has 0 bridgehead atoms. The molecule has 0 spiro atoms.